The van der Waals surface area contributed by atoms with Crippen LogP contribution in [0.1, 0.15) is 27.3 Å². The number of aryl methyl sites for hydroxylation is 3. The molecule has 0 spiro atoms. The van der Waals surface area contributed by atoms with Crippen LogP contribution in [0, 0.1) is 13.8 Å². The Balaban J connectivity index is 2.04. The number of rotatable bonds is 4. The van der Waals surface area contributed by atoms with E-state index in [2.05, 4.69) is 29.4 Å². The topological polar surface area (TPSA) is 50.2 Å². The zero-order valence-corrected chi connectivity index (χ0v) is 15.4. The normalized spacial score (nSPS) is 10.9. The third-order valence-corrected chi connectivity index (χ3v) is 4.59. The van der Waals surface area contributed by atoms with E-state index in [1.54, 1.807) is 19.0 Å². The van der Waals surface area contributed by atoms with E-state index in [4.69, 9.17) is 0 Å². The van der Waals surface area contributed by atoms with Crippen molar-refractivity contribution in [2.75, 3.05) is 19.4 Å². The number of benzene rings is 2. The molecule has 0 bridgehead atoms. The third-order valence-electron chi connectivity index (χ3n) is 4.59. The molecule has 0 saturated heterocycles. The van der Waals surface area contributed by atoms with Crippen molar-refractivity contribution < 1.29 is 4.79 Å². The zero-order valence-electron chi connectivity index (χ0n) is 15.4. The fourth-order valence-corrected chi connectivity index (χ4v) is 2.92. The molecule has 3 rings (SSSR count). The van der Waals surface area contributed by atoms with Crippen molar-refractivity contribution in [3.05, 3.63) is 58.9 Å². The fraction of sp³-hybridized carbons (Fsp3) is 0.300. The molecule has 5 heteroatoms. The lowest BCUT2D eigenvalue weighted by atomic mass is 10.1. The van der Waals surface area contributed by atoms with Gasteiger partial charge in [-0.3, -0.25) is 4.79 Å². The van der Waals surface area contributed by atoms with Crippen molar-refractivity contribution in [2.24, 2.45) is 7.05 Å². The van der Waals surface area contributed by atoms with E-state index >= 15 is 0 Å². The van der Waals surface area contributed by atoms with Gasteiger partial charge in [0, 0.05) is 33.3 Å². The Bertz CT molecular complexity index is 940. The summed E-state index contributed by atoms with van der Waals surface area (Å²) in [6, 6.07) is 12.1. The van der Waals surface area contributed by atoms with Crippen LogP contribution in [0.5, 0.6) is 0 Å². The maximum absolute atomic E-state index is 12.5. The van der Waals surface area contributed by atoms with E-state index < -0.39 is 0 Å². The number of carbonyl (C=O) groups excluding carboxylic acids is 1. The van der Waals surface area contributed by atoms with Crippen LogP contribution >= 0.6 is 0 Å². The molecule has 0 aliphatic heterocycles. The van der Waals surface area contributed by atoms with Gasteiger partial charge in [0.05, 0.1) is 11.2 Å². The highest BCUT2D eigenvalue weighted by Gasteiger charge is 2.16. The minimum atomic E-state index is -0.0142. The van der Waals surface area contributed by atoms with Crippen LogP contribution in [-0.2, 0) is 13.6 Å². The van der Waals surface area contributed by atoms with Crippen LogP contribution in [0.15, 0.2) is 36.4 Å². The Labute approximate surface area is 148 Å². The summed E-state index contributed by atoms with van der Waals surface area (Å²) in [7, 11) is 5.50. The minimum Gasteiger partial charge on any atom is -0.379 e. The van der Waals surface area contributed by atoms with Crippen LogP contribution in [-0.4, -0.2) is 34.5 Å². The Morgan fingerprint density at radius 1 is 1.20 bits per heavy atom. The molecule has 1 N–H and O–H groups in total. The van der Waals surface area contributed by atoms with Crippen molar-refractivity contribution in [1.82, 2.24) is 14.5 Å². The maximum atomic E-state index is 12.5. The average Bonchev–Trinajstić information content (AvgIpc) is 2.88. The molecule has 5 nitrogen and oxygen atoms in total. The molecule has 0 radical (unpaired) electrons. The summed E-state index contributed by atoms with van der Waals surface area (Å²) in [5.74, 6) is 0.906. The van der Waals surface area contributed by atoms with Gasteiger partial charge in [-0.2, -0.15) is 0 Å². The molecule has 0 saturated carbocycles. The molecule has 25 heavy (non-hydrogen) atoms. The van der Waals surface area contributed by atoms with E-state index in [-0.39, 0.29) is 5.91 Å². The van der Waals surface area contributed by atoms with Gasteiger partial charge in [-0.05, 0) is 37.1 Å². The van der Waals surface area contributed by atoms with Gasteiger partial charge in [-0.25, -0.2) is 4.98 Å². The summed E-state index contributed by atoms with van der Waals surface area (Å²) in [5.41, 5.74) is 5.86. The summed E-state index contributed by atoms with van der Waals surface area (Å²) < 4.78 is 2.01. The minimum absolute atomic E-state index is 0.0142. The van der Waals surface area contributed by atoms with Crippen molar-refractivity contribution in [3.8, 4) is 0 Å². The van der Waals surface area contributed by atoms with Gasteiger partial charge in [0.15, 0.2) is 0 Å². The van der Waals surface area contributed by atoms with Crippen molar-refractivity contribution in [3.63, 3.8) is 0 Å². The second kappa shape index (κ2) is 6.59. The molecule has 2 aromatic carbocycles. The van der Waals surface area contributed by atoms with Crippen molar-refractivity contribution in [1.29, 1.82) is 0 Å². The Kier molecular flexibility index (Phi) is 4.49. The SMILES string of the molecule is Cc1ccccc1CNc1cc(C(=O)N(C)C)cc2c1nc(C)n2C. The maximum Gasteiger partial charge on any atom is 0.253 e. The zero-order chi connectivity index (χ0) is 18.1. The number of anilines is 1. The molecule has 3 aromatic rings. The Morgan fingerprint density at radius 2 is 1.92 bits per heavy atom. The van der Waals surface area contributed by atoms with Crippen LogP contribution < -0.4 is 5.32 Å². The first-order valence-electron chi connectivity index (χ1n) is 8.35. The summed E-state index contributed by atoms with van der Waals surface area (Å²) in [5, 5.41) is 3.47. The number of hydrogen-bond donors (Lipinski definition) is 1. The number of nitrogens with zero attached hydrogens (tertiary/aromatic N) is 3. The summed E-state index contributed by atoms with van der Waals surface area (Å²) in [6.45, 7) is 4.76. The fourth-order valence-electron chi connectivity index (χ4n) is 2.92. The van der Waals surface area contributed by atoms with E-state index in [1.807, 2.05) is 42.8 Å². The van der Waals surface area contributed by atoms with Crippen LogP contribution in [0.2, 0.25) is 0 Å². The van der Waals surface area contributed by atoms with Gasteiger partial charge in [-0.1, -0.05) is 24.3 Å². The lowest BCUT2D eigenvalue weighted by Gasteiger charge is -2.14. The Hall–Kier alpha value is -2.82. The molecular weight excluding hydrogens is 312 g/mol. The average molecular weight is 336 g/mol. The second-order valence-corrected chi connectivity index (χ2v) is 6.59. The predicted octanol–water partition coefficient (Wildman–Crippen LogP) is 3.50. The van der Waals surface area contributed by atoms with Gasteiger partial charge in [0.1, 0.15) is 11.3 Å². The van der Waals surface area contributed by atoms with Gasteiger partial charge in [-0.15, -0.1) is 0 Å². The number of nitrogens with one attached hydrogen (secondary N) is 1. The largest absolute Gasteiger partial charge is 0.379 e. The molecule has 0 unspecified atom stereocenters. The number of amides is 1. The highest BCUT2D eigenvalue weighted by atomic mass is 16.2. The first-order valence-corrected chi connectivity index (χ1v) is 8.35. The number of aromatic nitrogens is 2. The monoisotopic (exact) mass is 336 g/mol. The molecular formula is C20H24N4O. The summed E-state index contributed by atoms with van der Waals surface area (Å²) in [4.78, 5) is 18.7. The summed E-state index contributed by atoms with van der Waals surface area (Å²) >= 11 is 0. The second-order valence-electron chi connectivity index (χ2n) is 6.59. The number of hydrogen-bond acceptors (Lipinski definition) is 3. The summed E-state index contributed by atoms with van der Waals surface area (Å²) in [6.07, 6.45) is 0. The van der Waals surface area contributed by atoms with Crippen molar-refractivity contribution in [2.45, 2.75) is 20.4 Å². The number of carbonyl (C=O) groups is 1. The van der Waals surface area contributed by atoms with E-state index in [0.717, 1.165) is 22.5 Å². The van der Waals surface area contributed by atoms with E-state index in [0.29, 0.717) is 12.1 Å². The smallest absolute Gasteiger partial charge is 0.253 e. The number of imidazole rings is 1. The molecule has 1 amide bonds. The van der Waals surface area contributed by atoms with E-state index in [1.165, 1.54) is 11.1 Å². The van der Waals surface area contributed by atoms with E-state index in [9.17, 15) is 4.79 Å². The molecule has 0 atom stereocenters. The molecule has 1 heterocycles. The van der Waals surface area contributed by atoms with Crippen LogP contribution in [0.4, 0.5) is 5.69 Å². The number of fused-ring (bicyclic) bond motifs is 1. The quantitative estimate of drug-likeness (QED) is 0.793. The predicted molar refractivity (Wildman–Crippen MR) is 102 cm³/mol. The first kappa shape index (κ1) is 17.0. The molecule has 0 fully saturated rings. The standard InChI is InChI=1S/C20H24N4O/c1-13-8-6-7-9-15(13)12-21-17-10-16(20(25)23(3)4)11-18-19(17)22-14(2)24(18)5/h6-11,21H,12H2,1-5H3. The molecule has 1 aromatic heterocycles. The van der Waals surface area contributed by atoms with Crippen LogP contribution in [0.3, 0.4) is 0 Å². The van der Waals surface area contributed by atoms with Crippen LogP contribution in [0.25, 0.3) is 11.0 Å². The highest BCUT2D eigenvalue weighted by molar-refractivity contribution is 6.01. The molecule has 130 valence electrons. The highest BCUT2D eigenvalue weighted by Crippen LogP contribution is 2.27. The lowest BCUT2D eigenvalue weighted by molar-refractivity contribution is 0.0828. The van der Waals surface area contributed by atoms with Gasteiger partial charge >= 0.3 is 0 Å². The van der Waals surface area contributed by atoms with Crippen molar-refractivity contribution >= 4 is 22.6 Å². The molecule has 0 aliphatic carbocycles. The third kappa shape index (κ3) is 3.22. The first-order chi connectivity index (χ1) is 11.9. The Morgan fingerprint density at radius 3 is 2.60 bits per heavy atom. The van der Waals surface area contributed by atoms with Gasteiger partial charge in [0.25, 0.3) is 5.91 Å². The molecule has 0 aliphatic rings. The van der Waals surface area contributed by atoms with Gasteiger partial charge < -0.3 is 14.8 Å². The lowest BCUT2D eigenvalue weighted by Crippen LogP contribution is -2.21. The van der Waals surface area contributed by atoms with Gasteiger partial charge in [0.2, 0.25) is 0 Å².